The highest BCUT2D eigenvalue weighted by atomic mass is 32.2. The van der Waals surface area contributed by atoms with Crippen molar-refractivity contribution in [1.82, 2.24) is 0 Å². The average Bonchev–Trinajstić information content (AvgIpc) is 2.37. The van der Waals surface area contributed by atoms with Gasteiger partial charge in [0.2, 0.25) is 0 Å². The lowest BCUT2D eigenvalue weighted by molar-refractivity contribution is 0.256. The molecule has 0 aromatic heterocycles. The van der Waals surface area contributed by atoms with Crippen molar-refractivity contribution in [2.24, 2.45) is 5.92 Å². The van der Waals surface area contributed by atoms with E-state index in [0.717, 1.165) is 5.56 Å². The molecule has 1 aromatic carbocycles. The summed E-state index contributed by atoms with van der Waals surface area (Å²) in [4.78, 5) is 0.189. The maximum Gasteiger partial charge on any atom is 0.296 e. The van der Waals surface area contributed by atoms with E-state index in [0.29, 0.717) is 12.8 Å². The van der Waals surface area contributed by atoms with Gasteiger partial charge in [-0.25, -0.2) is 0 Å². The quantitative estimate of drug-likeness (QED) is 0.541. The monoisotopic (exact) mass is 280 g/mol. The fourth-order valence-corrected chi connectivity index (χ4v) is 2.64. The molecule has 0 fully saturated rings. The minimum absolute atomic E-state index is 0.0928. The first kappa shape index (κ1) is 15.7. The van der Waals surface area contributed by atoms with Crippen LogP contribution in [0.15, 0.2) is 54.5 Å². The summed E-state index contributed by atoms with van der Waals surface area (Å²) in [5.74, 6) is 0.0928. The second-order valence-electron chi connectivity index (χ2n) is 4.47. The average molecular weight is 280 g/mol. The number of aryl methyl sites for hydroxylation is 1. The Kier molecular flexibility index (Phi) is 5.99. The molecule has 0 saturated heterocycles. The molecule has 0 aliphatic rings. The minimum Gasteiger partial charge on any atom is -0.266 e. The molecule has 0 bridgehead atoms. The van der Waals surface area contributed by atoms with Gasteiger partial charge in [0, 0.05) is 0 Å². The molecule has 0 aliphatic heterocycles. The summed E-state index contributed by atoms with van der Waals surface area (Å²) in [7, 11) is -3.68. The van der Waals surface area contributed by atoms with Crippen LogP contribution in [0.3, 0.4) is 0 Å². The smallest absolute Gasteiger partial charge is 0.266 e. The van der Waals surface area contributed by atoms with Gasteiger partial charge in [0.1, 0.15) is 0 Å². The van der Waals surface area contributed by atoms with E-state index in [9.17, 15) is 8.42 Å². The molecule has 0 unspecified atom stereocenters. The second-order valence-corrected chi connectivity index (χ2v) is 6.08. The second kappa shape index (κ2) is 7.26. The maximum atomic E-state index is 12.0. The number of allylic oxidation sites excluding steroid dienone is 2. The third-order valence-electron chi connectivity index (χ3n) is 2.77. The lowest BCUT2D eigenvalue weighted by atomic mass is 10.0. The van der Waals surface area contributed by atoms with Gasteiger partial charge in [0.15, 0.2) is 0 Å². The van der Waals surface area contributed by atoms with Gasteiger partial charge in [-0.1, -0.05) is 29.8 Å². The van der Waals surface area contributed by atoms with E-state index in [4.69, 9.17) is 4.18 Å². The fourth-order valence-electron chi connectivity index (χ4n) is 1.66. The van der Waals surface area contributed by atoms with Crippen LogP contribution >= 0.6 is 0 Å². The third-order valence-corrected chi connectivity index (χ3v) is 4.06. The zero-order chi connectivity index (χ0) is 14.3. The molecule has 19 heavy (non-hydrogen) atoms. The van der Waals surface area contributed by atoms with Crippen LogP contribution in [0.4, 0.5) is 0 Å². The first-order valence-electron chi connectivity index (χ1n) is 6.17. The standard InChI is InChI=1S/C15H20O3S/c1-4-6-14(7-5-2)12-18-19(16,17)15-10-8-13(3)9-11-15/h4-5,8-11,14H,1-2,6-7,12H2,3H3. The molecule has 104 valence electrons. The Morgan fingerprint density at radius 3 is 2.16 bits per heavy atom. The first-order chi connectivity index (χ1) is 8.99. The van der Waals surface area contributed by atoms with Crippen LogP contribution in [0.25, 0.3) is 0 Å². The predicted molar refractivity (Wildman–Crippen MR) is 77.4 cm³/mol. The van der Waals surface area contributed by atoms with Gasteiger partial charge in [0.25, 0.3) is 10.1 Å². The van der Waals surface area contributed by atoms with Crippen molar-refractivity contribution in [2.45, 2.75) is 24.7 Å². The molecule has 0 heterocycles. The van der Waals surface area contributed by atoms with Crippen molar-refractivity contribution >= 4 is 10.1 Å². The van der Waals surface area contributed by atoms with Gasteiger partial charge in [-0.15, -0.1) is 13.2 Å². The summed E-state index contributed by atoms with van der Waals surface area (Å²) in [5, 5.41) is 0. The molecule has 0 spiro atoms. The van der Waals surface area contributed by atoms with Crippen LogP contribution in [0.5, 0.6) is 0 Å². The van der Waals surface area contributed by atoms with Gasteiger partial charge in [0.05, 0.1) is 11.5 Å². The Bertz CT molecular complexity index is 505. The number of hydrogen-bond acceptors (Lipinski definition) is 3. The van der Waals surface area contributed by atoms with E-state index >= 15 is 0 Å². The Hall–Kier alpha value is -1.39. The van der Waals surface area contributed by atoms with Gasteiger partial charge >= 0.3 is 0 Å². The molecular weight excluding hydrogens is 260 g/mol. The Morgan fingerprint density at radius 2 is 1.68 bits per heavy atom. The maximum absolute atomic E-state index is 12.0. The summed E-state index contributed by atoms with van der Waals surface area (Å²) >= 11 is 0. The molecule has 3 nitrogen and oxygen atoms in total. The first-order valence-corrected chi connectivity index (χ1v) is 7.58. The minimum atomic E-state index is -3.68. The van der Waals surface area contributed by atoms with E-state index in [-0.39, 0.29) is 17.4 Å². The number of benzene rings is 1. The van der Waals surface area contributed by atoms with Gasteiger partial charge in [-0.2, -0.15) is 8.42 Å². The third kappa shape index (κ3) is 5.01. The molecule has 0 atom stereocenters. The van der Waals surface area contributed by atoms with Crippen molar-refractivity contribution in [3.63, 3.8) is 0 Å². The Morgan fingerprint density at radius 1 is 1.16 bits per heavy atom. The zero-order valence-electron chi connectivity index (χ0n) is 11.2. The Labute approximate surface area is 115 Å². The van der Waals surface area contributed by atoms with Crippen LogP contribution in [0.1, 0.15) is 18.4 Å². The number of rotatable bonds is 8. The van der Waals surface area contributed by atoms with Crippen LogP contribution in [0.2, 0.25) is 0 Å². The summed E-state index contributed by atoms with van der Waals surface area (Å²) in [6.07, 6.45) is 4.93. The van der Waals surface area contributed by atoms with E-state index in [1.807, 2.05) is 6.92 Å². The van der Waals surface area contributed by atoms with E-state index in [1.165, 1.54) is 0 Å². The number of hydrogen-bond donors (Lipinski definition) is 0. The van der Waals surface area contributed by atoms with Crippen LogP contribution in [0, 0.1) is 12.8 Å². The van der Waals surface area contributed by atoms with Crippen LogP contribution in [-0.2, 0) is 14.3 Å². The molecule has 0 radical (unpaired) electrons. The van der Waals surface area contributed by atoms with Crippen molar-refractivity contribution in [3.05, 3.63) is 55.1 Å². The van der Waals surface area contributed by atoms with Crippen LogP contribution < -0.4 is 0 Å². The summed E-state index contributed by atoms with van der Waals surface area (Å²) in [6, 6.07) is 6.61. The highest BCUT2D eigenvalue weighted by molar-refractivity contribution is 7.86. The van der Waals surface area contributed by atoms with Crippen molar-refractivity contribution in [2.75, 3.05) is 6.61 Å². The molecule has 1 rings (SSSR count). The van der Waals surface area contributed by atoms with Crippen LogP contribution in [-0.4, -0.2) is 15.0 Å². The normalized spacial score (nSPS) is 11.5. The van der Waals surface area contributed by atoms with E-state index in [2.05, 4.69) is 13.2 Å². The highest BCUT2D eigenvalue weighted by Gasteiger charge is 2.17. The van der Waals surface area contributed by atoms with Gasteiger partial charge in [-0.05, 0) is 37.8 Å². The van der Waals surface area contributed by atoms with Crippen molar-refractivity contribution in [1.29, 1.82) is 0 Å². The molecule has 1 aromatic rings. The molecule has 0 aliphatic carbocycles. The predicted octanol–water partition coefficient (Wildman–Crippen LogP) is 3.47. The van der Waals surface area contributed by atoms with E-state index < -0.39 is 10.1 Å². The summed E-state index contributed by atoms with van der Waals surface area (Å²) < 4.78 is 29.1. The molecule has 0 amide bonds. The Balaban J connectivity index is 2.71. The van der Waals surface area contributed by atoms with Crippen molar-refractivity contribution in [3.8, 4) is 0 Å². The van der Waals surface area contributed by atoms with Gasteiger partial charge < -0.3 is 0 Å². The SMILES string of the molecule is C=CCC(CC=C)COS(=O)(=O)c1ccc(C)cc1. The largest absolute Gasteiger partial charge is 0.296 e. The van der Waals surface area contributed by atoms with E-state index in [1.54, 1.807) is 36.4 Å². The molecule has 0 saturated carbocycles. The summed E-state index contributed by atoms with van der Waals surface area (Å²) in [6.45, 7) is 9.36. The van der Waals surface area contributed by atoms with Gasteiger partial charge in [-0.3, -0.25) is 4.18 Å². The lowest BCUT2D eigenvalue weighted by Crippen LogP contribution is -2.14. The molecular formula is C15H20O3S. The molecule has 0 N–H and O–H groups in total. The highest BCUT2D eigenvalue weighted by Crippen LogP contribution is 2.17. The summed E-state index contributed by atoms with van der Waals surface area (Å²) in [5.41, 5.74) is 1.01. The molecule has 4 heteroatoms. The topological polar surface area (TPSA) is 43.4 Å². The fraction of sp³-hybridized carbons (Fsp3) is 0.333. The lowest BCUT2D eigenvalue weighted by Gasteiger charge is -2.13. The zero-order valence-corrected chi connectivity index (χ0v) is 12.0. The van der Waals surface area contributed by atoms with Crippen molar-refractivity contribution < 1.29 is 12.6 Å².